The van der Waals surface area contributed by atoms with Gasteiger partial charge in [0, 0.05) is 13.1 Å². The number of likely N-dealkylation sites (tertiary alicyclic amines) is 1. The molecule has 2 rings (SSSR count). The molecule has 3 unspecified atom stereocenters. The Labute approximate surface area is 91.5 Å². The standard InChI is InChI=1S/C12H21NO2/c1-8-5-9(2)7-13(6-8)11(12(14)15)10-3-4-10/h8-11H,3-7H2,1-2H3,(H,14,15). The molecule has 3 atom stereocenters. The molecule has 1 saturated carbocycles. The van der Waals surface area contributed by atoms with Gasteiger partial charge in [0.05, 0.1) is 0 Å². The van der Waals surface area contributed by atoms with E-state index in [9.17, 15) is 9.90 Å². The minimum atomic E-state index is -0.612. The number of rotatable bonds is 3. The fraction of sp³-hybridized carbons (Fsp3) is 0.917. The number of hydrogen-bond acceptors (Lipinski definition) is 2. The predicted octanol–water partition coefficient (Wildman–Crippen LogP) is 1.83. The van der Waals surface area contributed by atoms with Crippen LogP contribution in [0.1, 0.15) is 33.1 Å². The topological polar surface area (TPSA) is 40.5 Å². The first-order chi connectivity index (χ1) is 7.08. The molecule has 1 N–H and O–H groups in total. The molecule has 0 aromatic carbocycles. The van der Waals surface area contributed by atoms with Gasteiger partial charge in [0.25, 0.3) is 0 Å². The number of aliphatic carboxylic acids is 1. The van der Waals surface area contributed by atoms with E-state index >= 15 is 0 Å². The van der Waals surface area contributed by atoms with Gasteiger partial charge < -0.3 is 5.11 Å². The van der Waals surface area contributed by atoms with Gasteiger partial charge in [-0.15, -0.1) is 0 Å². The highest BCUT2D eigenvalue weighted by Crippen LogP contribution is 2.37. The second-order valence-electron chi connectivity index (χ2n) is 5.52. The molecule has 3 nitrogen and oxygen atoms in total. The summed E-state index contributed by atoms with van der Waals surface area (Å²) in [6, 6.07) is -0.199. The van der Waals surface area contributed by atoms with Crippen molar-refractivity contribution in [3.63, 3.8) is 0 Å². The summed E-state index contributed by atoms with van der Waals surface area (Å²) in [5.74, 6) is 1.11. The largest absolute Gasteiger partial charge is 0.480 e. The second-order valence-corrected chi connectivity index (χ2v) is 5.52. The van der Waals surface area contributed by atoms with Gasteiger partial charge in [-0.05, 0) is 37.0 Å². The third-order valence-corrected chi connectivity index (χ3v) is 3.61. The van der Waals surface area contributed by atoms with Crippen LogP contribution in [0.15, 0.2) is 0 Å². The molecule has 3 heteroatoms. The molecular weight excluding hydrogens is 190 g/mol. The van der Waals surface area contributed by atoms with Crippen molar-refractivity contribution in [2.45, 2.75) is 39.2 Å². The van der Waals surface area contributed by atoms with Crippen LogP contribution in [0.5, 0.6) is 0 Å². The highest BCUT2D eigenvalue weighted by Gasteiger charge is 2.42. The van der Waals surface area contributed by atoms with Gasteiger partial charge >= 0.3 is 5.97 Å². The average Bonchev–Trinajstić information content (AvgIpc) is 2.85. The van der Waals surface area contributed by atoms with Crippen molar-refractivity contribution in [1.29, 1.82) is 0 Å². The normalized spacial score (nSPS) is 35.1. The third kappa shape index (κ3) is 2.51. The van der Waals surface area contributed by atoms with Crippen molar-refractivity contribution >= 4 is 5.97 Å². The Kier molecular flexibility index (Phi) is 3.01. The maximum atomic E-state index is 11.3. The Bertz CT molecular complexity index is 240. The van der Waals surface area contributed by atoms with Crippen molar-refractivity contribution in [2.75, 3.05) is 13.1 Å². The maximum absolute atomic E-state index is 11.3. The fourth-order valence-electron chi connectivity index (χ4n) is 3.01. The molecule has 0 aromatic rings. The van der Waals surface area contributed by atoms with Crippen LogP contribution in [0.4, 0.5) is 0 Å². The highest BCUT2D eigenvalue weighted by atomic mass is 16.4. The molecular formula is C12H21NO2. The van der Waals surface area contributed by atoms with E-state index in [1.54, 1.807) is 0 Å². The number of piperidine rings is 1. The lowest BCUT2D eigenvalue weighted by atomic mass is 9.90. The first kappa shape index (κ1) is 10.9. The summed E-state index contributed by atoms with van der Waals surface area (Å²) in [5, 5.41) is 9.27. The average molecular weight is 211 g/mol. The summed E-state index contributed by atoms with van der Waals surface area (Å²) in [4.78, 5) is 13.5. The van der Waals surface area contributed by atoms with Crippen LogP contribution in [0.2, 0.25) is 0 Å². The second kappa shape index (κ2) is 4.12. The molecule has 2 aliphatic rings. The molecule has 1 aliphatic heterocycles. The molecule has 86 valence electrons. The van der Waals surface area contributed by atoms with E-state index in [1.165, 1.54) is 6.42 Å². The third-order valence-electron chi connectivity index (χ3n) is 3.61. The first-order valence-corrected chi connectivity index (χ1v) is 6.04. The van der Waals surface area contributed by atoms with Gasteiger partial charge in [-0.1, -0.05) is 13.8 Å². The lowest BCUT2D eigenvalue weighted by Crippen LogP contribution is -2.49. The van der Waals surface area contributed by atoms with E-state index < -0.39 is 5.97 Å². The molecule has 1 aliphatic carbocycles. The summed E-state index contributed by atoms with van der Waals surface area (Å²) in [5.41, 5.74) is 0. The van der Waals surface area contributed by atoms with Gasteiger partial charge in [-0.2, -0.15) is 0 Å². The van der Waals surface area contributed by atoms with Crippen molar-refractivity contribution < 1.29 is 9.90 Å². The van der Waals surface area contributed by atoms with Crippen molar-refractivity contribution in [3.05, 3.63) is 0 Å². The van der Waals surface area contributed by atoms with E-state index in [0.29, 0.717) is 17.8 Å². The van der Waals surface area contributed by atoms with E-state index in [1.807, 2.05) is 0 Å². The smallest absolute Gasteiger partial charge is 0.321 e. The maximum Gasteiger partial charge on any atom is 0.321 e. The van der Waals surface area contributed by atoms with Crippen molar-refractivity contribution in [1.82, 2.24) is 4.90 Å². The van der Waals surface area contributed by atoms with E-state index in [0.717, 1.165) is 25.9 Å². The summed E-state index contributed by atoms with van der Waals surface area (Å²) in [6.45, 7) is 6.40. The monoisotopic (exact) mass is 211 g/mol. The molecule has 0 bridgehead atoms. The zero-order chi connectivity index (χ0) is 11.0. The summed E-state index contributed by atoms with van der Waals surface area (Å²) in [7, 11) is 0. The van der Waals surface area contributed by atoms with Crippen LogP contribution >= 0.6 is 0 Å². The van der Waals surface area contributed by atoms with E-state index in [4.69, 9.17) is 0 Å². The molecule has 15 heavy (non-hydrogen) atoms. The fourth-order valence-corrected chi connectivity index (χ4v) is 3.01. The Morgan fingerprint density at radius 2 is 1.80 bits per heavy atom. The quantitative estimate of drug-likeness (QED) is 0.774. The van der Waals surface area contributed by atoms with Crippen molar-refractivity contribution in [3.8, 4) is 0 Å². The van der Waals surface area contributed by atoms with Gasteiger partial charge in [-0.25, -0.2) is 0 Å². The summed E-state index contributed by atoms with van der Waals surface area (Å²) in [6.07, 6.45) is 3.46. The van der Waals surface area contributed by atoms with E-state index in [-0.39, 0.29) is 6.04 Å². The zero-order valence-corrected chi connectivity index (χ0v) is 9.65. The molecule has 0 spiro atoms. The Hall–Kier alpha value is -0.570. The Morgan fingerprint density at radius 3 is 2.20 bits per heavy atom. The van der Waals surface area contributed by atoms with Crippen LogP contribution in [0, 0.1) is 17.8 Å². The SMILES string of the molecule is CC1CC(C)CN(C(C(=O)O)C2CC2)C1. The van der Waals surface area contributed by atoms with Crippen LogP contribution < -0.4 is 0 Å². The minimum absolute atomic E-state index is 0.199. The van der Waals surface area contributed by atoms with Crippen molar-refractivity contribution in [2.24, 2.45) is 17.8 Å². The lowest BCUT2D eigenvalue weighted by molar-refractivity contribution is -0.145. The predicted molar refractivity (Wildman–Crippen MR) is 58.7 cm³/mol. The van der Waals surface area contributed by atoms with Crippen LogP contribution in [0.3, 0.4) is 0 Å². The van der Waals surface area contributed by atoms with E-state index in [2.05, 4.69) is 18.7 Å². The number of carboxylic acid groups (broad SMARTS) is 1. The summed E-state index contributed by atoms with van der Waals surface area (Å²) >= 11 is 0. The highest BCUT2D eigenvalue weighted by molar-refractivity contribution is 5.74. The number of carboxylic acids is 1. The van der Waals surface area contributed by atoms with Crippen LogP contribution in [-0.4, -0.2) is 35.1 Å². The molecule has 2 fully saturated rings. The first-order valence-electron chi connectivity index (χ1n) is 6.04. The number of nitrogens with zero attached hydrogens (tertiary/aromatic N) is 1. The molecule has 0 aromatic heterocycles. The minimum Gasteiger partial charge on any atom is -0.480 e. The number of hydrogen-bond donors (Lipinski definition) is 1. The number of carbonyl (C=O) groups is 1. The molecule has 1 saturated heterocycles. The molecule has 0 amide bonds. The summed E-state index contributed by atoms with van der Waals surface area (Å²) < 4.78 is 0. The Morgan fingerprint density at radius 1 is 1.27 bits per heavy atom. The van der Waals surface area contributed by atoms with Crippen LogP contribution in [0.25, 0.3) is 0 Å². The van der Waals surface area contributed by atoms with Crippen LogP contribution in [-0.2, 0) is 4.79 Å². The molecule has 1 heterocycles. The zero-order valence-electron chi connectivity index (χ0n) is 9.65. The molecule has 0 radical (unpaired) electrons. The van der Waals surface area contributed by atoms with Gasteiger partial charge in [-0.3, -0.25) is 9.69 Å². The Balaban J connectivity index is 2.02. The van der Waals surface area contributed by atoms with Gasteiger partial charge in [0.2, 0.25) is 0 Å². The van der Waals surface area contributed by atoms with Gasteiger partial charge in [0.15, 0.2) is 0 Å². The lowest BCUT2D eigenvalue weighted by Gasteiger charge is -2.38. The van der Waals surface area contributed by atoms with Gasteiger partial charge in [0.1, 0.15) is 6.04 Å².